The molecule has 0 bridgehead atoms. The Labute approximate surface area is 576 Å². The van der Waals surface area contributed by atoms with Gasteiger partial charge in [0.25, 0.3) is 0 Å². The van der Waals surface area contributed by atoms with Crippen LogP contribution >= 0.6 is 0 Å². The van der Waals surface area contributed by atoms with Crippen molar-refractivity contribution in [2.45, 2.75) is 439 Å². The number of ether oxygens (including phenoxy) is 6. The molecule has 562 valence electrons. The molecule has 17 unspecified atom stereocenters. The van der Waals surface area contributed by atoms with E-state index in [1.807, 2.05) is 0 Å². The van der Waals surface area contributed by atoms with Crippen LogP contribution in [0.15, 0.2) is 12.2 Å². The summed E-state index contributed by atoms with van der Waals surface area (Å²) >= 11 is 0. The first-order valence-corrected chi connectivity index (χ1v) is 39.4. The second kappa shape index (κ2) is 58.1. The maximum absolute atomic E-state index is 13.5. The number of carbonyl (C=O) groups is 1. The molecule has 0 radical (unpaired) electrons. The number of amides is 1. The minimum Gasteiger partial charge on any atom is -0.394 e. The summed E-state index contributed by atoms with van der Waals surface area (Å²) in [5.74, 6) is -0.239. The van der Waals surface area contributed by atoms with Crippen molar-refractivity contribution in [1.29, 1.82) is 0 Å². The van der Waals surface area contributed by atoms with Crippen LogP contribution < -0.4 is 5.32 Å². The molecule has 0 aliphatic carbocycles. The van der Waals surface area contributed by atoms with Crippen molar-refractivity contribution in [3.05, 3.63) is 12.2 Å². The predicted octanol–water partition coefficient (Wildman–Crippen LogP) is 12.4. The molecule has 3 aliphatic rings. The smallest absolute Gasteiger partial charge is 0.220 e. The van der Waals surface area contributed by atoms with E-state index in [1.165, 1.54) is 250 Å². The summed E-state index contributed by atoms with van der Waals surface area (Å²) in [4.78, 5) is 13.5. The Morgan fingerprint density at radius 1 is 0.368 bits per heavy atom. The fraction of sp³-hybridized carbons (Fsp3) is 0.961. The molecule has 3 aliphatic heterocycles. The van der Waals surface area contributed by atoms with Gasteiger partial charge < -0.3 is 89.9 Å². The molecule has 1 amide bonds. The van der Waals surface area contributed by atoms with Gasteiger partial charge in [-0.1, -0.05) is 302 Å². The lowest BCUT2D eigenvalue weighted by molar-refractivity contribution is -0.379. The maximum Gasteiger partial charge on any atom is 0.220 e. The lowest BCUT2D eigenvalue weighted by atomic mass is 9.96. The van der Waals surface area contributed by atoms with Gasteiger partial charge in [-0.3, -0.25) is 4.79 Å². The minimum atomic E-state index is -1.97. The van der Waals surface area contributed by atoms with Crippen molar-refractivity contribution in [2.24, 2.45) is 0 Å². The highest BCUT2D eigenvalue weighted by atomic mass is 16.8. The van der Waals surface area contributed by atoms with E-state index >= 15 is 0 Å². The number of hydrogen-bond donors (Lipinski definition) is 12. The normalized spacial score (nSPS) is 27.2. The molecule has 3 heterocycles. The lowest BCUT2D eigenvalue weighted by Crippen LogP contribution is -2.66. The SMILES string of the molecule is CCCCCCCCCC/C=C\CCCCCCCCCCCC(=O)NC(COC1OC(CO)C(OC2OC(CO)C(OC3OC(CO)C(O)C(O)C3O)C(O)C2O)C(O)C1O)C(O)CCCCCCCCCCCCCCCCCCCCCCCCCCCCCCC. The van der Waals surface area contributed by atoms with Crippen LogP contribution in [0.3, 0.4) is 0 Å². The average molecular weight is 1360 g/mol. The first kappa shape index (κ1) is 87.7. The molecule has 3 rings (SSSR count). The summed E-state index contributed by atoms with van der Waals surface area (Å²) in [6, 6.07) is -0.887. The maximum atomic E-state index is 13.5. The largest absolute Gasteiger partial charge is 0.394 e. The molecule has 19 heteroatoms. The molecule has 0 aromatic rings. The summed E-state index contributed by atoms with van der Waals surface area (Å²) in [7, 11) is 0. The minimum absolute atomic E-state index is 0.239. The van der Waals surface area contributed by atoms with E-state index in [-0.39, 0.29) is 18.9 Å². The van der Waals surface area contributed by atoms with Crippen LogP contribution in [-0.2, 0) is 33.2 Å². The third-order valence-electron chi connectivity index (χ3n) is 20.1. The Balaban J connectivity index is 1.37. The van der Waals surface area contributed by atoms with Crippen molar-refractivity contribution in [1.82, 2.24) is 5.32 Å². The molecule has 19 nitrogen and oxygen atoms in total. The van der Waals surface area contributed by atoms with E-state index in [9.17, 15) is 61.0 Å². The number of hydrogen-bond acceptors (Lipinski definition) is 18. The number of carbonyl (C=O) groups excluding carboxylic acids is 1. The highest BCUT2D eigenvalue weighted by molar-refractivity contribution is 5.76. The summed E-state index contributed by atoms with van der Waals surface area (Å²) in [6.45, 7) is 1.85. The van der Waals surface area contributed by atoms with Crippen molar-refractivity contribution in [3.8, 4) is 0 Å². The third-order valence-corrected chi connectivity index (χ3v) is 20.1. The Morgan fingerprint density at radius 2 is 0.663 bits per heavy atom. The molecule has 17 atom stereocenters. The van der Waals surface area contributed by atoms with Crippen LogP contribution in [0.2, 0.25) is 0 Å². The van der Waals surface area contributed by atoms with E-state index in [0.29, 0.717) is 12.8 Å². The van der Waals surface area contributed by atoms with Gasteiger partial charge in [-0.25, -0.2) is 0 Å². The molecule has 3 saturated heterocycles. The monoisotopic (exact) mass is 1360 g/mol. The van der Waals surface area contributed by atoms with Gasteiger partial charge in [0.1, 0.15) is 73.2 Å². The highest BCUT2D eigenvalue weighted by Crippen LogP contribution is 2.33. The first-order valence-electron chi connectivity index (χ1n) is 39.4. The number of rotatable bonds is 63. The number of allylic oxidation sites excluding steroid dienone is 2. The molecular weight excluding hydrogens is 1210 g/mol. The molecular formula is C76H145NO18. The van der Waals surface area contributed by atoms with E-state index in [4.69, 9.17) is 28.4 Å². The van der Waals surface area contributed by atoms with Gasteiger partial charge in [-0.05, 0) is 38.5 Å². The topological polar surface area (TPSA) is 307 Å². The fourth-order valence-electron chi connectivity index (χ4n) is 13.7. The molecule has 95 heavy (non-hydrogen) atoms. The van der Waals surface area contributed by atoms with Gasteiger partial charge in [0, 0.05) is 6.42 Å². The zero-order valence-corrected chi connectivity index (χ0v) is 59.9. The molecule has 3 fully saturated rings. The standard InChI is InChI=1S/C76H145NO18/c1-3-5-7-9-11-13-15-17-19-21-23-25-26-27-28-29-30-31-32-34-35-37-39-41-43-45-47-49-51-53-60(81)59(77-64(82)54-52-50-48-46-44-42-40-38-36-33-24-22-20-18-16-14-12-10-8-6-4-2)58-90-74-70(88)67(85)72(62(56-79)92-74)95-76-71(89)68(86)73(63(57-80)93-76)94-75-69(87)66(84)65(83)61(55-78)91-75/h22,24,59-63,65-76,78-81,83-89H,3-21,23,25-58H2,1-2H3,(H,77,82)/b24-22-. The van der Waals surface area contributed by atoms with Gasteiger partial charge in [0.2, 0.25) is 5.91 Å². The third kappa shape index (κ3) is 39.0. The molecule has 0 saturated carbocycles. The Bertz CT molecular complexity index is 1770. The molecule has 0 aromatic carbocycles. The van der Waals surface area contributed by atoms with Crippen LogP contribution in [0.5, 0.6) is 0 Å². The quantitative estimate of drug-likeness (QED) is 0.0199. The summed E-state index contributed by atoms with van der Waals surface area (Å²) in [6.07, 6.45) is 40.1. The van der Waals surface area contributed by atoms with Crippen molar-refractivity contribution in [3.63, 3.8) is 0 Å². The predicted molar refractivity (Wildman–Crippen MR) is 374 cm³/mol. The average Bonchev–Trinajstić information content (AvgIpc) is 0.787. The Morgan fingerprint density at radius 3 is 1.02 bits per heavy atom. The van der Waals surface area contributed by atoms with Crippen LogP contribution in [0.4, 0.5) is 0 Å². The summed E-state index contributed by atoms with van der Waals surface area (Å²) in [5, 5.41) is 121. The van der Waals surface area contributed by atoms with Crippen LogP contribution in [-0.4, -0.2) is 193 Å². The summed E-state index contributed by atoms with van der Waals surface area (Å²) in [5.41, 5.74) is 0. The van der Waals surface area contributed by atoms with E-state index in [1.54, 1.807) is 0 Å². The van der Waals surface area contributed by atoms with Crippen LogP contribution in [0.25, 0.3) is 0 Å². The zero-order valence-electron chi connectivity index (χ0n) is 59.9. The number of aliphatic hydroxyl groups is 11. The van der Waals surface area contributed by atoms with E-state index < -0.39 is 124 Å². The van der Waals surface area contributed by atoms with Crippen molar-refractivity contribution < 1.29 is 89.4 Å². The lowest BCUT2D eigenvalue weighted by Gasteiger charge is -2.48. The number of nitrogens with one attached hydrogen (secondary N) is 1. The van der Waals surface area contributed by atoms with Crippen molar-refractivity contribution in [2.75, 3.05) is 26.4 Å². The van der Waals surface area contributed by atoms with Gasteiger partial charge in [-0.2, -0.15) is 0 Å². The first-order chi connectivity index (χ1) is 46.3. The zero-order chi connectivity index (χ0) is 68.9. The molecule has 0 spiro atoms. The van der Waals surface area contributed by atoms with Gasteiger partial charge in [-0.15, -0.1) is 0 Å². The van der Waals surface area contributed by atoms with Crippen LogP contribution in [0.1, 0.15) is 335 Å². The van der Waals surface area contributed by atoms with Gasteiger partial charge in [0.15, 0.2) is 18.9 Å². The fourth-order valence-corrected chi connectivity index (χ4v) is 13.7. The Kier molecular flexibility index (Phi) is 53.6. The van der Waals surface area contributed by atoms with Crippen LogP contribution in [0, 0.1) is 0 Å². The number of aliphatic hydroxyl groups excluding tert-OH is 11. The summed E-state index contributed by atoms with van der Waals surface area (Å²) < 4.78 is 34.5. The molecule has 12 N–H and O–H groups in total. The van der Waals surface area contributed by atoms with Gasteiger partial charge >= 0.3 is 0 Å². The van der Waals surface area contributed by atoms with Crippen molar-refractivity contribution >= 4 is 5.91 Å². The number of unbranched alkanes of at least 4 members (excludes halogenated alkanes) is 45. The molecule has 0 aromatic heterocycles. The second-order valence-corrected chi connectivity index (χ2v) is 28.5. The second-order valence-electron chi connectivity index (χ2n) is 28.5. The highest BCUT2D eigenvalue weighted by Gasteiger charge is 2.54. The van der Waals surface area contributed by atoms with E-state index in [2.05, 4.69) is 31.3 Å². The Hall–Kier alpha value is -1.47. The van der Waals surface area contributed by atoms with Gasteiger partial charge in [0.05, 0.1) is 38.6 Å². The van der Waals surface area contributed by atoms with E-state index in [0.717, 1.165) is 51.4 Å².